The van der Waals surface area contributed by atoms with Gasteiger partial charge in [-0.15, -0.1) is 16.6 Å². The second-order valence-electron chi connectivity index (χ2n) is 18.1. The number of nitrogens with zero attached hydrogens (tertiary/aromatic N) is 14. The van der Waals surface area contributed by atoms with E-state index in [4.69, 9.17) is 64.3 Å². The summed E-state index contributed by atoms with van der Waals surface area (Å²) in [4.78, 5) is 55.2. The fourth-order valence-electron chi connectivity index (χ4n) is 8.19. The van der Waals surface area contributed by atoms with Crippen LogP contribution in [0.25, 0.3) is 0 Å². The molecule has 0 aliphatic carbocycles. The van der Waals surface area contributed by atoms with Crippen LogP contribution in [0.5, 0.6) is 0 Å². The van der Waals surface area contributed by atoms with Crippen LogP contribution < -0.4 is 43.8 Å². The summed E-state index contributed by atoms with van der Waals surface area (Å²) in [6.45, 7) is 15.6. The molecule has 5 rings (SSSR count). The number of hydrogen-bond acceptors (Lipinski definition) is 19. The summed E-state index contributed by atoms with van der Waals surface area (Å²) >= 11 is 0. The Balaban J connectivity index is 1.28. The van der Waals surface area contributed by atoms with Crippen LogP contribution in [0.3, 0.4) is 0 Å². The van der Waals surface area contributed by atoms with E-state index in [1.54, 1.807) is 15.6 Å². The number of hydrogen-bond donors (Lipinski definition) is 6. The Morgan fingerprint density at radius 2 is 1.20 bits per heavy atom. The molecule has 3 aromatic rings. The maximum Gasteiger partial charge on any atom is 0.247 e. The zero-order chi connectivity index (χ0) is 51.1. The quantitative estimate of drug-likeness (QED) is 0.0217. The van der Waals surface area contributed by atoms with Crippen molar-refractivity contribution in [2.75, 3.05) is 127 Å². The lowest BCUT2D eigenvalue weighted by Gasteiger charge is -2.38. The highest BCUT2D eigenvalue weighted by Gasteiger charge is 2.34. The van der Waals surface area contributed by atoms with Crippen molar-refractivity contribution in [3.63, 3.8) is 0 Å². The third kappa shape index (κ3) is 16.9. The number of amides is 2. The van der Waals surface area contributed by atoms with Gasteiger partial charge >= 0.3 is 0 Å². The van der Waals surface area contributed by atoms with Gasteiger partial charge in [0.1, 0.15) is 18.7 Å². The molecule has 6 atom stereocenters. The number of unbranched alkanes of at least 4 members (excludes halogenated alkanes) is 1. The van der Waals surface area contributed by atoms with Crippen LogP contribution in [0.4, 0.5) is 17.8 Å². The van der Waals surface area contributed by atoms with Crippen molar-refractivity contribution in [3.05, 3.63) is 23.8 Å². The number of anilines is 3. The monoisotopic (exact) mass is 993 g/mol. The highest BCUT2D eigenvalue weighted by Crippen LogP contribution is 2.27. The van der Waals surface area contributed by atoms with Crippen LogP contribution >= 0.6 is 0 Å². The Kier molecular flexibility index (Phi) is 23.4. The summed E-state index contributed by atoms with van der Waals surface area (Å²) in [6, 6.07) is -1.75. The molecule has 1 unspecified atom stereocenters. The van der Waals surface area contributed by atoms with Crippen molar-refractivity contribution in [2.45, 2.75) is 96.8 Å². The van der Waals surface area contributed by atoms with Gasteiger partial charge in [-0.05, 0) is 50.5 Å². The highest BCUT2D eigenvalue weighted by molar-refractivity contribution is 5.81. The summed E-state index contributed by atoms with van der Waals surface area (Å²) < 4.78 is 19.9. The SMILES string of the molecule is C#CCOCCOCCOCCNc1nc(N2CCN(C(=O)[C@H](CCCN=C(N)N)n3cc(C(N)[C@@H](C)CC)nn3)CC2)nc(N2CCN(C(=O)[C@H](CCCCN)n3cc([C@@H](N)[C@H](C)CC)nn3)CC2)n1. The van der Waals surface area contributed by atoms with Crippen molar-refractivity contribution >= 4 is 35.6 Å². The molecule has 2 aliphatic rings. The molecule has 2 amide bonds. The van der Waals surface area contributed by atoms with Gasteiger partial charge in [-0.25, -0.2) is 9.36 Å². The minimum atomic E-state index is -0.629. The number of aromatic nitrogens is 9. The number of rotatable bonds is 31. The van der Waals surface area contributed by atoms with Gasteiger partial charge in [0.25, 0.3) is 0 Å². The molecule has 2 aliphatic heterocycles. The molecule has 2 saturated heterocycles. The Labute approximate surface area is 418 Å². The Hall–Kier alpha value is -5.78. The molecular weight excluding hydrogens is 913 g/mol. The minimum Gasteiger partial charge on any atom is -0.377 e. The normalized spacial score (nSPS) is 16.8. The number of nitrogens with two attached hydrogens (primary N) is 5. The molecule has 0 radical (unpaired) electrons. The van der Waals surface area contributed by atoms with Crippen molar-refractivity contribution < 1.29 is 23.8 Å². The van der Waals surface area contributed by atoms with Crippen LogP contribution in [0.15, 0.2) is 17.4 Å². The number of piperazine rings is 2. The van der Waals surface area contributed by atoms with Gasteiger partial charge in [0.05, 0.1) is 68.9 Å². The molecule has 0 spiro atoms. The van der Waals surface area contributed by atoms with Crippen molar-refractivity contribution in [3.8, 4) is 12.3 Å². The molecule has 25 heteroatoms. The van der Waals surface area contributed by atoms with Gasteiger partial charge in [-0.3, -0.25) is 14.6 Å². The molecule has 0 saturated carbocycles. The smallest absolute Gasteiger partial charge is 0.247 e. The molecule has 0 aromatic carbocycles. The van der Waals surface area contributed by atoms with Crippen LogP contribution in [-0.2, 0) is 23.8 Å². The second-order valence-corrected chi connectivity index (χ2v) is 18.1. The zero-order valence-corrected chi connectivity index (χ0v) is 42.4. The lowest BCUT2D eigenvalue weighted by atomic mass is 9.98. The number of terminal acetylenes is 1. The number of carbonyl (C=O) groups is 2. The lowest BCUT2D eigenvalue weighted by molar-refractivity contribution is -0.136. The van der Waals surface area contributed by atoms with Crippen molar-refractivity contribution in [2.24, 2.45) is 45.5 Å². The molecule has 25 nitrogen and oxygen atoms in total. The Morgan fingerprint density at radius 3 is 1.66 bits per heavy atom. The van der Waals surface area contributed by atoms with E-state index in [1.807, 2.05) is 16.0 Å². The number of nitrogens with one attached hydrogen (secondary N) is 1. The Bertz CT molecular complexity index is 2110. The maximum atomic E-state index is 14.3. The van der Waals surface area contributed by atoms with Crippen LogP contribution in [0, 0.1) is 24.2 Å². The molecule has 11 N–H and O–H groups in total. The standard InChI is InChI=1S/C46H80N20O5/c1-6-25-69-27-29-71-30-28-70-26-16-53-44-54-45(63-21-17-61(18-22-63)41(67)37(12-9-10-14-47)65-31-35(57-59-65)39(48)33(4)7-2)56-46(55-44)64-23-19-62(20-24-64)42(68)38(13-11-15-52-43(50)51)66-32-36(58-60-66)40(49)34(5)8-3/h1,31-34,37-40H,7-30,47-49H2,2-5H3,(H4,50,51,52)(H,53,54,55,56)/t33-,34+,37+,38+,39+,40?/m1/s1. The molecule has 0 bridgehead atoms. The third-order valence-electron chi connectivity index (χ3n) is 13.1. The topological polar surface area (TPSA) is 329 Å². The summed E-state index contributed by atoms with van der Waals surface area (Å²) in [5.41, 5.74) is 31.3. The van der Waals surface area contributed by atoms with Gasteiger partial charge < -0.3 is 67.8 Å². The van der Waals surface area contributed by atoms with E-state index >= 15 is 0 Å². The minimum absolute atomic E-state index is 0.00277. The second kappa shape index (κ2) is 29.5. The first-order chi connectivity index (χ1) is 34.4. The van der Waals surface area contributed by atoms with Gasteiger partial charge in [0.2, 0.25) is 29.7 Å². The highest BCUT2D eigenvalue weighted by atomic mass is 16.5. The van der Waals surface area contributed by atoms with Crippen LogP contribution in [-0.4, -0.2) is 184 Å². The number of ether oxygens (including phenoxy) is 3. The zero-order valence-electron chi connectivity index (χ0n) is 42.4. The van der Waals surface area contributed by atoms with E-state index in [2.05, 4.69) is 74.3 Å². The lowest BCUT2D eigenvalue weighted by Crippen LogP contribution is -2.52. The van der Waals surface area contributed by atoms with E-state index in [-0.39, 0.29) is 48.3 Å². The molecule has 3 aromatic heterocycles. The van der Waals surface area contributed by atoms with E-state index in [9.17, 15) is 9.59 Å². The average Bonchev–Trinajstić information content (AvgIpc) is 4.09. The number of carbonyl (C=O) groups excluding carboxylic acids is 2. The first-order valence-corrected chi connectivity index (χ1v) is 25.2. The molecular formula is C46H80N20O5. The first kappa shape index (κ1) is 56.1. The van der Waals surface area contributed by atoms with Gasteiger partial charge in [-0.1, -0.05) is 56.9 Å². The predicted molar refractivity (Wildman–Crippen MR) is 271 cm³/mol. The number of guanidine groups is 1. The van der Waals surface area contributed by atoms with E-state index in [1.165, 1.54) is 0 Å². The molecule has 5 heterocycles. The number of aliphatic imine (C=N–C) groups is 1. The summed E-state index contributed by atoms with van der Waals surface area (Å²) in [7, 11) is 0. The largest absolute Gasteiger partial charge is 0.377 e. The van der Waals surface area contributed by atoms with Gasteiger partial charge in [-0.2, -0.15) is 15.0 Å². The van der Waals surface area contributed by atoms with Gasteiger partial charge in [0, 0.05) is 65.4 Å². The fourth-order valence-corrected chi connectivity index (χ4v) is 8.19. The Morgan fingerprint density at radius 1 is 0.718 bits per heavy atom. The van der Waals surface area contributed by atoms with Crippen molar-refractivity contribution in [1.29, 1.82) is 0 Å². The molecule has 71 heavy (non-hydrogen) atoms. The van der Waals surface area contributed by atoms with E-state index in [0.29, 0.717) is 154 Å². The summed E-state index contributed by atoms with van der Waals surface area (Å²) in [5.74, 6) is 4.03. The maximum absolute atomic E-state index is 14.3. The summed E-state index contributed by atoms with van der Waals surface area (Å²) in [6.07, 6.45) is 13.7. The first-order valence-electron chi connectivity index (χ1n) is 25.2. The van der Waals surface area contributed by atoms with Crippen LogP contribution in [0.1, 0.15) is 108 Å². The van der Waals surface area contributed by atoms with Gasteiger partial charge in [0.15, 0.2) is 5.96 Å². The van der Waals surface area contributed by atoms with Crippen LogP contribution in [0.2, 0.25) is 0 Å². The average molecular weight is 993 g/mol. The van der Waals surface area contributed by atoms with E-state index < -0.39 is 12.1 Å². The molecule has 394 valence electrons. The fraction of sp³-hybridized carbons (Fsp3) is 0.739. The third-order valence-corrected chi connectivity index (χ3v) is 13.1. The summed E-state index contributed by atoms with van der Waals surface area (Å²) in [5, 5.41) is 20.8. The predicted octanol–water partition coefficient (Wildman–Crippen LogP) is 0.204. The van der Waals surface area contributed by atoms with Crippen molar-refractivity contribution in [1.82, 2.24) is 54.7 Å². The molecule has 2 fully saturated rings. The van der Waals surface area contributed by atoms with E-state index in [0.717, 1.165) is 25.7 Å².